The van der Waals surface area contributed by atoms with Crippen molar-refractivity contribution in [3.8, 4) is 11.8 Å². The molecule has 9 heteroatoms. The summed E-state index contributed by atoms with van der Waals surface area (Å²) >= 11 is 11.8. The number of anilines is 1. The quantitative estimate of drug-likeness (QED) is 0.357. The highest BCUT2D eigenvalue weighted by Crippen LogP contribution is 2.55. The smallest absolute Gasteiger partial charge is 0.258 e. The average Bonchev–Trinajstić information content (AvgIpc) is 3.54. The molecule has 1 saturated carbocycles. The topological polar surface area (TPSA) is 68.9 Å². The van der Waals surface area contributed by atoms with Crippen molar-refractivity contribution in [3.63, 3.8) is 0 Å². The molecule has 0 spiro atoms. The molecule has 0 bridgehead atoms. The van der Waals surface area contributed by atoms with Crippen LogP contribution in [0.15, 0.2) is 53.7 Å². The Kier molecular flexibility index (Phi) is 6.31. The first-order valence-corrected chi connectivity index (χ1v) is 12.5. The summed E-state index contributed by atoms with van der Waals surface area (Å²) in [6, 6.07) is 11.9. The molecule has 0 radical (unpaired) electrons. The zero-order valence-corrected chi connectivity index (χ0v) is 21.4. The van der Waals surface area contributed by atoms with E-state index in [1.54, 1.807) is 36.5 Å². The number of carbonyl (C=O) groups excluding carboxylic acids is 1. The number of halogens is 2. The van der Waals surface area contributed by atoms with Crippen molar-refractivity contribution >= 4 is 46.7 Å². The van der Waals surface area contributed by atoms with Gasteiger partial charge in [-0.15, -0.1) is 0 Å². The maximum atomic E-state index is 14.8. The number of hydrogen-bond donors (Lipinski definition) is 0. The summed E-state index contributed by atoms with van der Waals surface area (Å²) in [6.07, 6.45) is 6.28. The molecule has 36 heavy (non-hydrogen) atoms. The average molecular weight is 523 g/mol. The molecule has 2 aromatic rings. The van der Waals surface area contributed by atoms with Gasteiger partial charge in [0.1, 0.15) is 23.2 Å². The van der Waals surface area contributed by atoms with Gasteiger partial charge in [0, 0.05) is 36.9 Å². The molecule has 3 aliphatic rings. The number of ether oxygens (including phenoxy) is 1. The predicted octanol–water partition coefficient (Wildman–Crippen LogP) is 5.46. The molecule has 3 unspecified atom stereocenters. The van der Waals surface area contributed by atoms with Crippen molar-refractivity contribution in [1.82, 2.24) is 4.90 Å². The minimum absolute atomic E-state index is 0.145. The molecule has 184 valence electrons. The van der Waals surface area contributed by atoms with Crippen LogP contribution in [0.1, 0.15) is 37.3 Å². The van der Waals surface area contributed by atoms with Crippen LogP contribution in [0.2, 0.25) is 5.02 Å². The first-order valence-electron chi connectivity index (χ1n) is 11.7. The van der Waals surface area contributed by atoms with E-state index >= 15 is 0 Å². The molecule has 1 amide bonds. The van der Waals surface area contributed by atoms with Crippen molar-refractivity contribution in [1.29, 1.82) is 5.26 Å². The van der Waals surface area contributed by atoms with Gasteiger partial charge in [-0.1, -0.05) is 23.7 Å². The van der Waals surface area contributed by atoms with E-state index in [1.807, 2.05) is 37.1 Å². The first kappa shape index (κ1) is 24.4. The Labute approximate surface area is 219 Å². The second-order valence-electron chi connectivity index (χ2n) is 9.62. The van der Waals surface area contributed by atoms with E-state index in [0.29, 0.717) is 53.2 Å². The molecule has 2 heterocycles. The summed E-state index contributed by atoms with van der Waals surface area (Å²) in [7, 11) is 0. The van der Waals surface area contributed by atoms with Gasteiger partial charge in [0.2, 0.25) is 0 Å². The lowest BCUT2D eigenvalue weighted by Gasteiger charge is -2.29. The lowest BCUT2D eigenvalue weighted by Crippen LogP contribution is -2.44. The summed E-state index contributed by atoms with van der Waals surface area (Å²) < 4.78 is 20.6. The monoisotopic (exact) mass is 522 g/mol. The fourth-order valence-electron chi connectivity index (χ4n) is 4.97. The minimum Gasteiger partial charge on any atom is -0.493 e. The van der Waals surface area contributed by atoms with Crippen molar-refractivity contribution < 1.29 is 13.9 Å². The van der Waals surface area contributed by atoms with Crippen LogP contribution >= 0.6 is 23.8 Å². The van der Waals surface area contributed by atoms with Crippen LogP contribution in [0.5, 0.6) is 5.75 Å². The van der Waals surface area contributed by atoms with Crippen molar-refractivity contribution in [2.45, 2.75) is 31.7 Å². The Morgan fingerprint density at radius 2 is 2.06 bits per heavy atom. The van der Waals surface area contributed by atoms with E-state index in [9.17, 15) is 9.18 Å². The van der Waals surface area contributed by atoms with Crippen LogP contribution < -0.4 is 9.64 Å². The molecule has 2 fully saturated rings. The van der Waals surface area contributed by atoms with Crippen molar-refractivity contribution in [3.05, 3.63) is 70.6 Å². The number of thiocarbonyl (C=S) groups is 1. The van der Waals surface area contributed by atoms with Crippen molar-refractivity contribution in [2.75, 3.05) is 18.1 Å². The molecular formula is C27H24ClFN4O2S. The molecule has 5 rings (SSSR count). The van der Waals surface area contributed by atoms with Gasteiger partial charge >= 0.3 is 0 Å². The standard InChI is InChI=1S/C27H24ClFN4O2S/c1-27(2)25(34)33(17-5-4-16(14-30)22(28)12-17)26(36)32(27)10-3-11-35-18-6-7-20(23(29)13-18)24-19-8-9-31-15-21(19)24/h4-9,12-13,15,19,21,24H,3,10-11H2,1-2H3. The Balaban J connectivity index is 1.20. The predicted molar refractivity (Wildman–Crippen MR) is 141 cm³/mol. The van der Waals surface area contributed by atoms with Gasteiger partial charge in [-0.05, 0) is 68.2 Å². The highest BCUT2D eigenvalue weighted by Gasteiger charge is 2.50. The van der Waals surface area contributed by atoms with Gasteiger partial charge in [0.05, 0.1) is 22.9 Å². The number of allylic oxidation sites excluding steroid dienone is 1. The second kappa shape index (κ2) is 9.30. The molecule has 1 aliphatic carbocycles. The molecule has 0 N–H and O–H groups in total. The van der Waals surface area contributed by atoms with E-state index in [1.165, 1.54) is 11.0 Å². The van der Waals surface area contributed by atoms with E-state index in [2.05, 4.69) is 4.99 Å². The maximum Gasteiger partial charge on any atom is 0.258 e. The van der Waals surface area contributed by atoms with Gasteiger partial charge in [-0.2, -0.15) is 5.26 Å². The highest BCUT2D eigenvalue weighted by atomic mass is 35.5. The molecule has 6 nitrogen and oxygen atoms in total. The number of benzene rings is 2. The SMILES string of the molecule is CC1(C)C(=O)N(c2ccc(C#N)c(Cl)c2)C(=S)N1CCCOc1ccc(C2C3C=CN=CC32)c(F)c1. The fourth-order valence-corrected chi connectivity index (χ4v) is 5.69. The van der Waals surface area contributed by atoms with Crippen molar-refractivity contribution in [2.24, 2.45) is 16.8 Å². The Morgan fingerprint density at radius 3 is 2.72 bits per heavy atom. The summed E-state index contributed by atoms with van der Waals surface area (Å²) in [5.41, 5.74) is 0.691. The lowest BCUT2D eigenvalue weighted by molar-refractivity contribution is -0.123. The van der Waals surface area contributed by atoms with Crippen LogP contribution in [0.4, 0.5) is 10.1 Å². The zero-order valence-electron chi connectivity index (χ0n) is 19.8. The number of hydrogen-bond acceptors (Lipinski definition) is 5. The summed E-state index contributed by atoms with van der Waals surface area (Å²) in [4.78, 5) is 20.7. The molecular weight excluding hydrogens is 499 g/mol. The number of nitrogens with zero attached hydrogens (tertiary/aromatic N) is 4. The largest absolute Gasteiger partial charge is 0.493 e. The summed E-state index contributed by atoms with van der Waals surface area (Å²) in [6.45, 7) is 4.46. The molecule has 2 aromatic carbocycles. The van der Waals surface area contributed by atoms with Gasteiger partial charge < -0.3 is 9.64 Å². The number of nitriles is 1. The van der Waals surface area contributed by atoms with Gasteiger partial charge in [0.25, 0.3) is 5.91 Å². The second-order valence-corrected chi connectivity index (χ2v) is 10.4. The van der Waals surface area contributed by atoms with E-state index in [0.717, 1.165) is 0 Å². The van der Waals surface area contributed by atoms with Gasteiger partial charge in [-0.25, -0.2) is 4.39 Å². The highest BCUT2D eigenvalue weighted by molar-refractivity contribution is 7.80. The third kappa shape index (κ3) is 4.16. The Morgan fingerprint density at radius 1 is 1.25 bits per heavy atom. The summed E-state index contributed by atoms with van der Waals surface area (Å²) in [5.74, 6) is 0.791. The number of aliphatic imine (C=N–C) groups is 1. The Hall–Kier alpha value is -3.28. The van der Waals surface area contributed by atoms with E-state index < -0.39 is 5.54 Å². The zero-order chi connectivity index (χ0) is 25.6. The molecule has 1 saturated heterocycles. The van der Waals surface area contributed by atoms with E-state index in [-0.39, 0.29) is 28.6 Å². The third-order valence-corrected chi connectivity index (χ3v) is 7.78. The first-order chi connectivity index (χ1) is 17.2. The third-order valence-electron chi connectivity index (χ3n) is 7.07. The Bertz CT molecular complexity index is 1330. The van der Waals surface area contributed by atoms with Crippen LogP contribution in [0.3, 0.4) is 0 Å². The van der Waals surface area contributed by atoms with Gasteiger partial charge in [0.15, 0.2) is 5.11 Å². The number of amides is 1. The van der Waals surface area contributed by atoms with E-state index in [4.69, 9.17) is 33.8 Å². The van der Waals surface area contributed by atoms with Crippen LogP contribution in [-0.2, 0) is 4.79 Å². The van der Waals surface area contributed by atoms with Crippen LogP contribution in [0.25, 0.3) is 0 Å². The fraction of sp³-hybridized carbons (Fsp3) is 0.333. The number of fused-ring (bicyclic) bond motifs is 1. The molecule has 3 atom stereocenters. The van der Waals surface area contributed by atoms with Gasteiger partial charge in [-0.3, -0.25) is 14.7 Å². The molecule has 0 aromatic heterocycles. The lowest BCUT2D eigenvalue weighted by atomic mass is 10.0. The maximum absolute atomic E-state index is 14.8. The van der Waals surface area contributed by atoms with Crippen LogP contribution in [-0.4, -0.2) is 40.8 Å². The summed E-state index contributed by atoms with van der Waals surface area (Å²) in [5, 5.41) is 9.75. The van der Waals surface area contributed by atoms with Crippen LogP contribution in [0, 0.1) is 29.0 Å². The number of carbonyl (C=O) groups is 1. The molecule has 2 aliphatic heterocycles. The number of rotatable bonds is 7. The normalized spacial score (nSPS) is 23.6. The minimum atomic E-state index is -0.857.